The molecule has 4 aromatic rings. The number of hydrogen-bond acceptors (Lipinski definition) is 10. The van der Waals surface area contributed by atoms with Crippen molar-refractivity contribution in [3.63, 3.8) is 0 Å². The molecule has 38 heavy (non-hydrogen) atoms. The van der Waals surface area contributed by atoms with Gasteiger partial charge >= 0.3 is 0 Å². The third kappa shape index (κ3) is 5.29. The Morgan fingerprint density at radius 3 is 2.16 bits per heavy atom. The fourth-order valence-electron chi connectivity index (χ4n) is 3.92. The van der Waals surface area contributed by atoms with Gasteiger partial charge in [0.1, 0.15) is 28.5 Å². The summed E-state index contributed by atoms with van der Waals surface area (Å²) in [7, 11) is 0.317. The molecule has 200 valence electrons. The summed E-state index contributed by atoms with van der Waals surface area (Å²) >= 11 is 0. The van der Waals surface area contributed by atoms with Gasteiger partial charge in [0.2, 0.25) is 16.0 Å². The molecule has 0 bridgehead atoms. The van der Waals surface area contributed by atoms with Gasteiger partial charge in [-0.3, -0.25) is 14.3 Å². The molecule has 1 aromatic carbocycles. The molecule has 3 heterocycles. The first-order valence-electron chi connectivity index (χ1n) is 11.6. The number of nitrogens with zero attached hydrogens (tertiary/aromatic N) is 6. The van der Waals surface area contributed by atoms with Crippen LogP contribution in [0.15, 0.2) is 49.1 Å². The van der Waals surface area contributed by atoms with Crippen molar-refractivity contribution in [3.8, 4) is 28.6 Å². The van der Waals surface area contributed by atoms with Crippen LogP contribution in [0.2, 0.25) is 0 Å². The number of pyridine rings is 1. The molecule has 0 saturated heterocycles. The second kappa shape index (κ2) is 11.1. The lowest BCUT2D eigenvalue weighted by molar-refractivity contribution is 0.0949. The quantitative estimate of drug-likeness (QED) is 0.319. The second-order valence-corrected chi connectivity index (χ2v) is 10.6. The number of ether oxygens (including phenoxy) is 3. The van der Waals surface area contributed by atoms with Crippen LogP contribution in [-0.2, 0) is 14.8 Å². The van der Waals surface area contributed by atoms with Crippen molar-refractivity contribution in [2.45, 2.75) is 32.1 Å². The summed E-state index contributed by atoms with van der Waals surface area (Å²) in [6, 6.07) is 7.08. The summed E-state index contributed by atoms with van der Waals surface area (Å²) in [5.74, 6) is 1.34. The zero-order chi connectivity index (χ0) is 27.4. The van der Waals surface area contributed by atoms with Crippen LogP contribution in [0.25, 0.3) is 17.1 Å². The van der Waals surface area contributed by atoms with E-state index in [9.17, 15) is 8.42 Å². The Kier molecular flexibility index (Phi) is 7.88. The predicted octanol–water partition coefficient (Wildman–Crippen LogP) is 3.27. The van der Waals surface area contributed by atoms with Crippen molar-refractivity contribution in [1.82, 2.24) is 29.7 Å². The number of anilines is 1. The number of rotatable bonds is 10. The molecule has 1 unspecified atom stereocenters. The number of hydrogen-bond donors (Lipinski definition) is 1. The van der Waals surface area contributed by atoms with Gasteiger partial charge < -0.3 is 14.2 Å². The van der Waals surface area contributed by atoms with Gasteiger partial charge in [0.25, 0.3) is 0 Å². The van der Waals surface area contributed by atoms with Gasteiger partial charge in [-0.2, -0.15) is 0 Å². The Hall–Kier alpha value is -4.10. The third-order valence-electron chi connectivity index (χ3n) is 5.88. The number of para-hydroxylation sites is 1. The highest BCUT2D eigenvalue weighted by Gasteiger charge is 2.35. The Morgan fingerprint density at radius 2 is 1.58 bits per heavy atom. The van der Waals surface area contributed by atoms with Gasteiger partial charge in [-0.1, -0.05) is 6.07 Å². The first kappa shape index (κ1) is 26.9. The molecule has 12 nitrogen and oxygen atoms in total. The Morgan fingerprint density at radius 1 is 0.921 bits per heavy atom. The highest BCUT2D eigenvalue weighted by molar-refractivity contribution is 7.93. The SMILES string of the molecule is COc1cccc(OC)c1-n1c(NS(=O)(=O)C(C)[C@@H](OC)c2ncc(C)cn2)nnc1-c1cncc(C)c1. The minimum atomic E-state index is -4.11. The van der Waals surface area contributed by atoms with E-state index in [0.29, 0.717) is 28.6 Å². The van der Waals surface area contributed by atoms with Crippen LogP contribution in [0, 0.1) is 13.8 Å². The maximum atomic E-state index is 13.6. The van der Waals surface area contributed by atoms with Crippen LogP contribution in [0.5, 0.6) is 11.5 Å². The first-order chi connectivity index (χ1) is 18.2. The van der Waals surface area contributed by atoms with Gasteiger partial charge in [0.05, 0.1) is 14.2 Å². The van der Waals surface area contributed by atoms with Gasteiger partial charge in [-0.15, -0.1) is 10.2 Å². The lowest BCUT2D eigenvalue weighted by Crippen LogP contribution is -2.33. The van der Waals surface area contributed by atoms with Crippen LogP contribution >= 0.6 is 0 Å². The lowest BCUT2D eigenvalue weighted by atomic mass is 10.2. The molecule has 1 N–H and O–H groups in total. The largest absolute Gasteiger partial charge is 0.494 e. The summed E-state index contributed by atoms with van der Waals surface area (Å²) in [6.45, 7) is 5.24. The fraction of sp³-hybridized carbons (Fsp3) is 0.320. The topological polar surface area (TPSA) is 143 Å². The summed E-state index contributed by atoms with van der Waals surface area (Å²) in [6.07, 6.45) is 5.59. The molecular formula is C25H29N7O5S. The van der Waals surface area contributed by atoms with Crippen LogP contribution < -0.4 is 14.2 Å². The van der Waals surface area contributed by atoms with Gasteiger partial charge in [0, 0.05) is 37.5 Å². The third-order valence-corrected chi connectivity index (χ3v) is 7.57. The molecule has 0 amide bonds. The van der Waals surface area contributed by atoms with Crippen molar-refractivity contribution in [3.05, 3.63) is 66.0 Å². The maximum Gasteiger partial charge on any atom is 0.243 e. The summed E-state index contributed by atoms with van der Waals surface area (Å²) in [4.78, 5) is 12.8. The number of methoxy groups -OCH3 is 3. The molecule has 0 aliphatic carbocycles. The molecule has 0 aliphatic heterocycles. The zero-order valence-corrected chi connectivity index (χ0v) is 22.7. The molecule has 0 fully saturated rings. The van der Waals surface area contributed by atoms with Crippen LogP contribution in [0.4, 0.5) is 5.95 Å². The van der Waals surface area contributed by atoms with Crippen LogP contribution in [-0.4, -0.2) is 64.7 Å². The van der Waals surface area contributed by atoms with E-state index < -0.39 is 21.4 Å². The van der Waals surface area contributed by atoms with Crippen molar-refractivity contribution >= 4 is 16.0 Å². The number of sulfonamides is 1. The molecule has 3 aromatic heterocycles. The van der Waals surface area contributed by atoms with E-state index in [4.69, 9.17) is 14.2 Å². The molecule has 4 rings (SSSR count). The Balaban J connectivity index is 1.84. The lowest BCUT2D eigenvalue weighted by Gasteiger charge is -2.23. The molecule has 0 radical (unpaired) electrons. The number of nitrogens with one attached hydrogen (secondary N) is 1. The highest BCUT2D eigenvalue weighted by atomic mass is 32.2. The summed E-state index contributed by atoms with van der Waals surface area (Å²) in [5.41, 5.74) is 2.76. The fourth-order valence-corrected chi connectivity index (χ4v) is 5.05. The zero-order valence-electron chi connectivity index (χ0n) is 21.9. The Bertz CT molecular complexity index is 1500. The van der Waals surface area contributed by atoms with Crippen LogP contribution in [0.1, 0.15) is 30.0 Å². The van der Waals surface area contributed by atoms with E-state index in [0.717, 1.165) is 11.1 Å². The van der Waals surface area contributed by atoms with E-state index in [1.807, 2.05) is 19.9 Å². The van der Waals surface area contributed by atoms with Gasteiger partial charge in [0.15, 0.2) is 11.6 Å². The van der Waals surface area contributed by atoms with E-state index >= 15 is 0 Å². The van der Waals surface area contributed by atoms with Crippen molar-refractivity contribution < 1.29 is 22.6 Å². The average Bonchev–Trinajstić information content (AvgIpc) is 3.31. The van der Waals surface area contributed by atoms with E-state index in [-0.39, 0.29) is 11.8 Å². The van der Waals surface area contributed by atoms with Gasteiger partial charge in [-0.25, -0.2) is 18.4 Å². The predicted molar refractivity (Wildman–Crippen MR) is 141 cm³/mol. The van der Waals surface area contributed by atoms with E-state index in [1.165, 1.54) is 32.8 Å². The Labute approximate surface area is 221 Å². The smallest absolute Gasteiger partial charge is 0.243 e. The minimum Gasteiger partial charge on any atom is -0.494 e. The average molecular weight is 540 g/mol. The van der Waals surface area contributed by atoms with E-state index in [2.05, 4.69) is 29.9 Å². The maximum absolute atomic E-state index is 13.6. The summed E-state index contributed by atoms with van der Waals surface area (Å²) in [5, 5.41) is 7.41. The number of benzene rings is 1. The standard InChI is InChI=1S/C25H29N7O5S/c1-15-10-18(14-26-11-15)24-29-30-25(32(24)21-19(35-4)8-7-9-20(21)36-5)31-38(33,34)17(3)22(37-6)23-27-12-16(2)13-28-23/h7-14,17,22H,1-6H3,(H,30,31)/t17?,22-/m1/s1. The monoisotopic (exact) mass is 539 g/mol. The molecular weight excluding hydrogens is 510 g/mol. The molecule has 0 saturated carbocycles. The molecule has 0 spiro atoms. The number of aromatic nitrogens is 6. The molecule has 2 atom stereocenters. The van der Waals surface area contributed by atoms with Crippen molar-refractivity contribution in [1.29, 1.82) is 0 Å². The highest BCUT2D eigenvalue weighted by Crippen LogP contribution is 2.38. The second-order valence-electron chi connectivity index (χ2n) is 8.57. The van der Waals surface area contributed by atoms with Crippen molar-refractivity contribution in [2.24, 2.45) is 0 Å². The summed E-state index contributed by atoms with van der Waals surface area (Å²) < 4.78 is 48.1. The molecule has 13 heteroatoms. The first-order valence-corrected chi connectivity index (χ1v) is 13.2. The van der Waals surface area contributed by atoms with Gasteiger partial charge in [-0.05, 0) is 50.1 Å². The van der Waals surface area contributed by atoms with Crippen LogP contribution in [0.3, 0.4) is 0 Å². The van der Waals surface area contributed by atoms with E-state index in [1.54, 1.807) is 43.0 Å². The minimum absolute atomic E-state index is 0.0733. The normalized spacial score (nSPS) is 13.1. The van der Waals surface area contributed by atoms with Crippen molar-refractivity contribution in [2.75, 3.05) is 26.1 Å². The molecule has 0 aliphatic rings. The number of aryl methyl sites for hydroxylation is 2.